The van der Waals surface area contributed by atoms with Gasteiger partial charge in [0.2, 0.25) is 0 Å². The largest absolute Gasteiger partial charge is 0.493 e. The maximum atomic E-state index is 5.89. The summed E-state index contributed by atoms with van der Waals surface area (Å²) >= 11 is 0. The number of hydrogen-bond acceptors (Lipinski definition) is 3. The van der Waals surface area contributed by atoms with Crippen LogP contribution in [0.3, 0.4) is 0 Å². The first-order chi connectivity index (χ1) is 8.84. The van der Waals surface area contributed by atoms with E-state index in [9.17, 15) is 0 Å². The molecule has 4 rings (SSSR count). The maximum Gasteiger partial charge on any atom is 0.124 e. The van der Waals surface area contributed by atoms with Crippen LogP contribution in [0.4, 0.5) is 0 Å². The Morgan fingerprint density at radius 2 is 2.00 bits per heavy atom. The van der Waals surface area contributed by atoms with Gasteiger partial charge in [0.15, 0.2) is 0 Å². The third-order valence-corrected chi connectivity index (χ3v) is 4.01. The highest BCUT2D eigenvalue weighted by Gasteiger charge is 2.40. The quantitative estimate of drug-likeness (QED) is 0.708. The van der Waals surface area contributed by atoms with E-state index in [1.165, 1.54) is 16.3 Å². The number of hydrogen-bond donors (Lipinski definition) is 0. The molecule has 0 saturated carbocycles. The summed E-state index contributed by atoms with van der Waals surface area (Å²) in [4.78, 5) is 5.66. The van der Waals surface area contributed by atoms with Gasteiger partial charge in [-0.25, -0.2) is 0 Å². The predicted molar refractivity (Wildman–Crippen MR) is 69.4 cm³/mol. The summed E-state index contributed by atoms with van der Waals surface area (Å²) in [5, 5.41) is 4.53. The van der Waals surface area contributed by atoms with Crippen molar-refractivity contribution < 1.29 is 9.57 Å². The van der Waals surface area contributed by atoms with Crippen molar-refractivity contribution in [3.05, 3.63) is 42.0 Å². The van der Waals surface area contributed by atoms with Gasteiger partial charge in [0.25, 0.3) is 0 Å². The molecule has 0 amide bonds. The number of ether oxygens (including phenoxy) is 1. The van der Waals surface area contributed by atoms with Gasteiger partial charge in [0.05, 0.1) is 19.3 Å². The molecule has 2 heterocycles. The van der Waals surface area contributed by atoms with E-state index in [-0.39, 0.29) is 0 Å². The van der Waals surface area contributed by atoms with Gasteiger partial charge in [-0.05, 0) is 16.8 Å². The van der Waals surface area contributed by atoms with Gasteiger partial charge in [-0.2, -0.15) is 5.06 Å². The lowest BCUT2D eigenvalue weighted by molar-refractivity contribution is -0.110. The molecule has 0 spiro atoms. The van der Waals surface area contributed by atoms with Crippen LogP contribution >= 0.6 is 0 Å². The lowest BCUT2D eigenvalue weighted by Crippen LogP contribution is -2.29. The minimum atomic E-state index is 0.319. The Bertz CT molecular complexity index is 610. The molecule has 2 aliphatic rings. The average Bonchev–Trinajstić information content (AvgIpc) is 2.80. The molecule has 0 radical (unpaired) electrons. The second kappa shape index (κ2) is 3.70. The Balaban J connectivity index is 2.01. The third kappa shape index (κ3) is 1.32. The number of nitrogens with zero attached hydrogens (tertiary/aromatic N) is 1. The van der Waals surface area contributed by atoms with Crippen molar-refractivity contribution in [3.8, 4) is 5.75 Å². The second-order valence-electron chi connectivity index (χ2n) is 5.06. The molecular formula is C15H15NO2. The Hall–Kier alpha value is -1.58. The molecule has 92 valence electrons. The average molecular weight is 241 g/mol. The summed E-state index contributed by atoms with van der Waals surface area (Å²) < 4.78 is 5.89. The first kappa shape index (κ1) is 10.4. The molecule has 18 heavy (non-hydrogen) atoms. The van der Waals surface area contributed by atoms with Gasteiger partial charge in [-0.1, -0.05) is 30.3 Å². The fourth-order valence-corrected chi connectivity index (χ4v) is 3.14. The predicted octanol–water partition coefficient (Wildman–Crippen LogP) is 2.77. The minimum absolute atomic E-state index is 0.319. The van der Waals surface area contributed by atoms with Gasteiger partial charge in [-0.15, -0.1) is 0 Å². The summed E-state index contributed by atoms with van der Waals surface area (Å²) in [5.74, 6) is 1.45. The second-order valence-corrected chi connectivity index (χ2v) is 5.06. The molecule has 2 aliphatic heterocycles. The highest BCUT2D eigenvalue weighted by atomic mass is 16.7. The van der Waals surface area contributed by atoms with E-state index in [2.05, 4.69) is 36.4 Å². The fourth-order valence-electron chi connectivity index (χ4n) is 3.14. The summed E-state index contributed by atoms with van der Waals surface area (Å²) in [7, 11) is 2.02. The smallest absolute Gasteiger partial charge is 0.124 e. The Morgan fingerprint density at radius 3 is 2.94 bits per heavy atom. The molecule has 2 atom stereocenters. The Morgan fingerprint density at radius 1 is 1.11 bits per heavy atom. The number of hydroxylamine groups is 2. The van der Waals surface area contributed by atoms with Crippen molar-refractivity contribution in [2.24, 2.45) is 5.92 Å². The topological polar surface area (TPSA) is 21.7 Å². The SMILES string of the molecule is CN1OC[C@H]2COc3ccc4ccccc4c3[C@@H]21. The summed E-state index contributed by atoms with van der Waals surface area (Å²) in [6, 6.07) is 13.0. The van der Waals surface area contributed by atoms with Crippen molar-refractivity contribution in [3.63, 3.8) is 0 Å². The van der Waals surface area contributed by atoms with E-state index in [4.69, 9.17) is 9.57 Å². The van der Waals surface area contributed by atoms with E-state index in [1.807, 2.05) is 12.1 Å². The van der Waals surface area contributed by atoms with E-state index in [0.29, 0.717) is 12.0 Å². The molecular weight excluding hydrogens is 226 g/mol. The monoisotopic (exact) mass is 241 g/mol. The van der Waals surface area contributed by atoms with E-state index < -0.39 is 0 Å². The summed E-state index contributed by atoms with van der Waals surface area (Å²) in [5.41, 5.74) is 1.28. The molecule has 3 heteroatoms. The van der Waals surface area contributed by atoms with Gasteiger partial charge < -0.3 is 4.74 Å². The van der Waals surface area contributed by atoms with E-state index >= 15 is 0 Å². The highest BCUT2D eigenvalue weighted by Crippen LogP contribution is 2.45. The molecule has 0 bridgehead atoms. The minimum Gasteiger partial charge on any atom is -0.493 e. The number of fused-ring (bicyclic) bond motifs is 5. The first-order valence-electron chi connectivity index (χ1n) is 6.35. The highest BCUT2D eigenvalue weighted by molar-refractivity contribution is 5.88. The zero-order valence-corrected chi connectivity index (χ0v) is 10.3. The third-order valence-electron chi connectivity index (χ3n) is 4.01. The standard InChI is InChI=1S/C15H15NO2/c1-16-15-11(9-18-16)8-17-13-7-6-10-4-2-3-5-12(10)14(13)15/h2-7,11,15H,8-9H2,1H3/t11-,15-/m1/s1. The molecule has 0 aromatic heterocycles. The summed E-state index contributed by atoms with van der Waals surface area (Å²) in [6.45, 7) is 1.50. The van der Waals surface area contributed by atoms with Gasteiger partial charge in [0.1, 0.15) is 5.75 Å². The molecule has 2 aromatic carbocycles. The first-order valence-corrected chi connectivity index (χ1v) is 6.35. The van der Waals surface area contributed by atoms with Crippen LogP contribution in [-0.4, -0.2) is 25.3 Å². The van der Waals surface area contributed by atoms with Crippen LogP contribution in [-0.2, 0) is 4.84 Å². The van der Waals surface area contributed by atoms with Crippen LogP contribution in [0.5, 0.6) is 5.75 Å². The van der Waals surface area contributed by atoms with Crippen LogP contribution in [0, 0.1) is 5.92 Å². The fraction of sp³-hybridized carbons (Fsp3) is 0.333. The van der Waals surface area contributed by atoms with Crippen LogP contribution < -0.4 is 4.74 Å². The number of benzene rings is 2. The van der Waals surface area contributed by atoms with Crippen LogP contribution in [0.1, 0.15) is 11.6 Å². The zero-order valence-electron chi connectivity index (χ0n) is 10.3. The Labute approximate surface area is 106 Å². The molecule has 1 fully saturated rings. The van der Waals surface area contributed by atoms with Crippen LogP contribution in [0.2, 0.25) is 0 Å². The van der Waals surface area contributed by atoms with E-state index in [1.54, 1.807) is 0 Å². The van der Waals surface area contributed by atoms with Gasteiger partial charge in [0, 0.05) is 18.5 Å². The van der Waals surface area contributed by atoms with Crippen molar-refractivity contribution in [1.82, 2.24) is 5.06 Å². The molecule has 0 aliphatic carbocycles. The van der Waals surface area contributed by atoms with Gasteiger partial charge in [-0.3, -0.25) is 4.84 Å². The van der Waals surface area contributed by atoms with Crippen molar-refractivity contribution in [2.45, 2.75) is 6.04 Å². The summed E-state index contributed by atoms with van der Waals surface area (Å²) in [6.07, 6.45) is 0. The van der Waals surface area contributed by atoms with Crippen molar-refractivity contribution in [1.29, 1.82) is 0 Å². The van der Waals surface area contributed by atoms with Crippen LogP contribution in [0.25, 0.3) is 10.8 Å². The van der Waals surface area contributed by atoms with Crippen LogP contribution in [0.15, 0.2) is 36.4 Å². The molecule has 0 N–H and O–H groups in total. The van der Waals surface area contributed by atoms with Gasteiger partial charge >= 0.3 is 0 Å². The normalized spacial score (nSPS) is 26.7. The lowest BCUT2D eigenvalue weighted by Gasteiger charge is -2.31. The van der Waals surface area contributed by atoms with E-state index in [0.717, 1.165) is 19.0 Å². The van der Waals surface area contributed by atoms with Crippen molar-refractivity contribution in [2.75, 3.05) is 20.3 Å². The molecule has 1 saturated heterocycles. The molecule has 0 unspecified atom stereocenters. The van der Waals surface area contributed by atoms with Crippen molar-refractivity contribution >= 4 is 10.8 Å². The maximum absolute atomic E-state index is 5.89. The Kier molecular flexibility index (Phi) is 2.13. The molecule has 2 aromatic rings. The zero-order chi connectivity index (χ0) is 12.1. The lowest BCUT2D eigenvalue weighted by atomic mass is 9.88. The number of rotatable bonds is 0. The molecule has 3 nitrogen and oxygen atoms in total.